The number of benzene rings is 2. The van der Waals surface area contributed by atoms with Gasteiger partial charge in [-0.1, -0.05) is 69.6 Å². The molecule has 19 heteroatoms. The van der Waals surface area contributed by atoms with Crippen LogP contribution in [0.2, 0.25) is 0 Å². The average Bonchev–Trinajstić information content (AvgIpc) is 3.13. The van der Waals surface area contributed by atoms with Gasteiger partial charge in [-0.3, -0.25) is 23.5 Å². The highest BCUT2D eigenvalue weighted by Gasteiger charge is 2.34. The number of aromatic hydroxyl groups is 1. The number of carbonyl (C=O) groups excluding carboxylic acids is 2. The predicted molar refractivity (Wildman–Crippen MR) is 213 cm³/mol. The van der Waals surface area contributed by atoms with Crippen LogP contribution in [0.5, 0.6) is 11.6 Å². The fourth-order valence-electron chi connectivity index (χ4n) is 5.43. The van der Waals surface area contributed by atoms with Crippen molar-refractivity contribution in [2.45, 2.75) is 47.4 Å². The molecule has 1 aliphatic heterocycles. The van der Waals surface area contributed by atoms with Crippen molar-refractivity contribution < 1.29 is 19.4 Å². The molecule has 2 aromatic carbocycles. The van der Waals surface area contributed by atoms with Gasteiger partial charge in [-0.15, -0.1) is 5.73 Å². The van der Waals surface area contributed by atoms with Crippen molar-refractivity contribution >= 4 is 105 Å². The lowest BCUT2D eigenvalue weighted by atomic mass is 9.97. The highest BCUT2D eigenvalue weighted by atomic mass is 35.6. The predicted octanol–water partition coefficient (Wildman–Crippen LogP) is 8.33. The number of hydrogen-bond acceptors (Lipinski definition) is 10. The largest absolute Gasteiger partial charge is 0.494 e. The Balaban J connectivity index is 1.15. The summed E-state index contributed by atoms with van der Waals surface area (Å²) in [7, 11) is 0. The standard InChI is InChI=1S/C35H31Cl6N7O5S/c1-3-47-28(50)25(29(51)48(4-2)33(47)54)6-5-17-46-18-15-22(16-19-46)30(52)53-24-13-9-21(10-14-24)27(49)42-23-11-7-20(8-12-23)26-43-31(34(36,37)38)45-32(44-26)35(39,40)41/h6-14,17,22,50H,3-4,15-16,18-19H2,1-2H3,(H,42,49). The molecule has 1 saturated heterocycles. The lowest BCUT2D eigenvalue weighted by Gasteiger charge is -2.29. The number of carbonyl (C=O) groups is 2. The summed E-state index contributed by atoms with van der Waals surface area (Å²) in [4.78, 5) is 53.0. The number of halogens is 6. The van der Waals surface area contributed by atoms with Gasteiger partial charge in [0.25, 0.3) is 11.5 Å². The molecule has 0 bridgehead atoms. The molecule has 0 unspecified atom stereocenters. The highest BCUT2D eigenvalue weighted by Crippen LogP contribution is 2.41. The maximum Gasteiger partial charge on any atom is 0.314 e. The van der Waals surface area contributed by atoms with Gasteiger partial charge in [0.15, 0.2) is 22.2 Å². The molecule has 4 aromatic rings. The van der Waals surface area contributed by atoms with Crippen molar-refractivity contribution in [2.75, 3.05) is 18.4 Å². The topological polar surface area (TPSA) is 144 Å². The first kappa shape index (κ1) is 41.5. The Hall–Kier alpha value is -3.65. The van der Waals surface area contributed by atoms with Crippen molar-refractivity contribution in [3.63, 3.8) is 0 Å². The Labute approximate surface area is 344 Å². The molecular formula is C35H31Cl6N7O5S. The maximum absolute atomic E-state index is 13.0. The van der Waals surface area contributed by atoms with Gasteiger partial charge in [-0.05, 0) is 93.5 Å². The van der Waals surface area contributed by atoms with Crippen molar-refractivity contribution in [1.29, 1.82) is 0 Å². The van der Waals surface area contributed by atoms with Crippen LogP contribution in [0.15, 0.2) is 65.3 Å². The Bertz CT molecular complexity index is 2190. The third-order valence-corrected chi connectivity index (χ3v) is 9.75. The quantitative estimate of drug-likeness (QED) is 0.0554. The number of anilines is 1. The van der Waals surface area contributed by atoms with Crippen LogP contribution in [0.25, 0.3) is 17.5 Å². The van der Waals surface area contributed by atoms with E-state index in [1.165, 1.54) is 15.2 Å². The monoisotopic (exact) mass is 871 g/mol. The second-order valence-electron chi connectivity index (χ2n) is 11.8. The number of ether oxygens (including phenoxy) is 1. The Kier molecular flexibility index (Phi) is 13.4. The number of rotatable bonds is 9. The summed E-state index contributed by atoms with van der Waals surface area (Å²) in [6, 6.07) is 12.7. The minimum Gasteiger partial charge on any atom is -0.494 e. The second-order valence-corrected chi connectivity index (χ2v) is 16.8. The summed E-state index contributed by atoms with van der Waals surface area (Å²) in [6.45, 7) is 5.56. The summed E-state index contributed by atoms with van der Waals surface area (Å²) in [6.07, 6.45) is 4.23. The second kappa shape index (κ2) is 17.4. The zero-order valence-corrected chi connectivity index (χ0v) is 33.9. The summed E-state index contributed by atoms with van der Waals surface area (Å²) < 4.78 is 4.78. The molecule has 284 valence electrons. The van der Waals surface area contributed by atoms with Crippen LogP contribution in [0.4, 0.5) is 5.69 Å². The molecule has 0 spiro atoms. The minimum atomic E-state index is -2.01. The number of hydrogen-bond donors (Lipinski definition) is 2. The third-order valence-electron chi connectivity index (χ3n) is 8.29. The third kappa shape index (κ3) is 9.96. The van der Waals surface area contributed by atoms with Gasteiger partial charge in [-0.25, -0.2) is 15.0 Å². The Morgan fingerprint density at radius 1 is 0.926 bits per heavy atom. The first-order chi connectivity index (χ1) is 25.5. The number of esters is 1. The van der Waals surface area contributed by atoms with Gasteiger partial charge in [0.1, 0.15) is 11.3 Å². The molecular weight excluding hydrogens is 843 g/mol. The van der Waals surface area contributed by atoms with Gasteiger partial charge in [0, 0.05) is 49.2 Å². The van der Waals surface area contributed by atoms with Crippen LogP contribution in [-0.2, 0) is 25.5 Å². The number of piperidine rings is 1. The molecule has 1 fully saturated rings. The van der Waals surface area contributed by atoms with E-state index in [0.29, 0.717) is 61.6 Å². The number of alkyl halides is 6. The van der Waals surface area contributed by atoms with Gasteiger partial charge in [-0.2, -0.15) is 0 Å². The summed E-state index contributed by atoms with van der Waals surface area (Å²) in [5.74, 6) is -1.38. The van der Waals surface area contributed by atoms with Crippen molar-refractivity contribution in [3.8, 4) is 23.0 Å². The normalized spacial score (nSPS) is 13.6. The van der Waals surface area contributed by atoms with Gasteiger partial charge in [0.2, 0.25) is 13.5 Å². The van der Waals surface area contributed by atoms with E-state index in [9.17, 15) is 19.5 Å². The molecule has 3 heterocycles. The lowest BCUT2D eigenvalue weighted by molar-refractivity contribution is -0.140. The average molecular weight is 874 g/mol. The van der Waals surface area contributed by atoms with Gasteiger partial charge in [0.05, 0.1) is 5.92 Å². The molecule has 1 amide bonds. The van der Waals surface area contributed by atoms with E-state index in [2.05, 4.69) is 26.0 Å². The molecule has 54 heavy (non-hydrogen) atoms. The molecule has 0 aliphatic carbocycles. The molecule has 0 radical (unpaired) electrons. The van der Waals surface area contributed by atoms with E-state index < -0.39 is 13.5 Å². The number of likely N-dealkylation sites (tertiary alicyclic amines) is 1. The van der Waals surface area contributed by atoms with Crippen LogP contribution in [0.3, 0.4) is 0 Å². The van der Waals surface area contributed by atoms with E-state index in [1.54, 1.807) is 54.7 Å². The first-order valence-corrected chi connectivity index (χ1v) is 19.0. The van der Waals surface area contributed by atoms with Crippen LogP contribution in [0.1, 0.15) is 54.3 Å². The zero-order chi connectivity index (χ0) is 39.4. The molecule has 0 saturated carbocycles. The summed E-state index contributed by atoms with van der Waals surface area (Å²) in [5, 5.41) is 13.4. The molecule has 2 aromatic heterocycles. The van der Waals surface area contributed by atoms with Crippen molar-refractivity contribution in [2.24, 2.45) is 5.92 Å². The number of amides is 1. The van der Waals surface area contributed by atoms with Crippen LogP contribution >= 0.6 is 81.8 Å². The molecule has 5 rings (SSSR count). The Morgan fingerprint density at radius 3 is 2.04 bits per heavy atom. The maximum atomic E-state index is 13.0. The Morgan fingerprint density at radius 2 is 1.50 bits per heavy atom. The fraction of sp³-hybridized carbons (Fsp3) is 0.314. The summed E-state index contributed by atoms with van der Waals surface area (Å²) >= 11 is 41.1. The van der Waals surface area contributed by atoms with Gasteiger partial charge >= 0.3 is 5.97 Å². The number of aromatic nitrogens is 5. The van der Waals surface area contributed by atoms with Crippen LogP contribution < -0.4 is 15.6 Å². The minimum absolute atomic E-state index is 0.0810. The molecule has 12 nitrogen and oxygen atoms in total. The van der Waals surface area contributed by atoms with E-state index in [0.717, 1.165) is 0 Å². The highest BCUT2D eigenvalue weighted by molar-refractivity contribution is 7.71. The fourth-order valence-corrected chi connectivity index (χ4v) is 6.36. The SMILES string of the molecule is CCn1c(O)c(C=C=CN2CCC(C(=O)Oc3ccc(C(=O)Nc4ccc(-c5nc(C(Cl)(Cl)Cl)nc(C(Cl)(Cl)Cl)n5)cc4)cc3)CC2)c(=O)n(CC)c1=S. The lowest BCUT2D eigenvalue weighted by Crippen LogP contribution is -2.34. The van der Waals surface area contributed by atoms with E-state index in [-0.39, 0.29) is 51.1 Å². The van der Waals surface area contributed by atoms with E-state index >= 15 is 0 Å². The van der Waals surface area contributed by atoms with Crippen molar-refractivity contribution in [1.82, 2.24) is 29.0 Å². The molecule has 2 N–H and O–H groups in total. The van der Waals surface area contributed by atoms with Crippen LogP contribution in [-0.4, -0.2) is 59.1 Å². The number of nitrogens with one attached hydrogen (secondary N) is 1. The van der Waals surface area contributed by atoms with Crippen molar-refractivity contribution in [3.05, 3.63) is 98.4 Å². The van der Waals surface area contributed by atoms with Crippen LogP contribution in [0, 0.1) is 10.7 Å². The smallest absolute Gasteiger partial charge is 0.314 e. The first-order valence-electron chi connectivity index (χ1n) is 16.4. The van der Waals surface area contributed by atoms with Gasteiger partial charge < -0.3 is 20.1 Å². The molecule has 0 atom stereocenters. The molecule has 1 aliphatic rings. The zero-order valence-electron chi connectivity index (χ0n) is 28.5. The van der Waals surface area contributed by atoms with E-state index in [4.69, 9.17) is 86.6 Å². The van der Waals surface area contributed by atoms with E-state index in [1.807, 2.05) is 18.7 Å². The summed E-state index contributed by atoms with van der Waals surface area (Å²) in [5.41, 5.74) is 3.96. The number of nitrogens with zero attached hydrogens (tertiary/aromatic N) is 6.